The van der Waals surface area contributed by atoms with Crippen LogP contribution in [0.3, 0.4) is 0 Å². The zero-order chi connectivity index (χ0) is 14.0. The van der Waals surface area contributed by atoms with E-state index in [0.29, 0.717) is 24.1 Å². The normalized spacial score (nSPS) is 33.6. The lowest BCUT2D eigenvalue weighted by atomic mass is 9.55. The van der Waals surface area contributed by atoms with Gasteiger partial charge in [0, 0.05) is 36.6 Å². The molecule has 0 spiro atoms. The highest BCUT2D eigenvalue weighted by Crippen LogP contribution is 2.51. The molecule has 3 unspecified atom stereocenters. The second-order valence-electron chi connectivity index (χ2n) is 6.66. The van der Waals surface area contributed by atoms with E-state index in [2.05, 4.69) is 50.2 Å². The van der Waals surface area contributed by atoms with E-state index < -0.39 is 0 Å². The Morgan fingerprint density at radius 1 is 1.42 bits per heavy atom. The van der Waals surface area contributed by atoms with Gasteiger partial charge in [0.05, 0.1) is 6.10 Å². The van der Waals surface area contributed by atoms with Crippen molar-refractivity contribution in [1.82, 2.24) is 10.6 Å². The minimum Gasteiger partial charge on any atom is -0.377 e. The van der Waals surface area contributed by atoms with E-state index in [9.17, 15) is 0 Å². The third-order valence-electron chi connectivity index (χ3n) is 4.36. The zero-order valence-corrected chi connectivity index (χ0v) is 13.0. The molecule has 2 N–H and O–H groups in total. The summed E-state index contributed by atoms with van der Waals surface area (Å²) in [6, 6.07) is 0.869. The average Bonchev–Trinajstić information content (AvgIpc) is 2.35. The first-order valence-electron chi connectivity index (χ1n) is 7.66. The van der Waals surface area contributed by atoms with Gasteiger partial charge in [0.25, 0.3) is 0 Å². The fourth-order valence-electron chi connectivity index (χ4n) is 3.53. The molecule has 0 aromatic heterocycles. The van der Waals surface area contributed by atoms with Gasteiger partial charge in [0.15, 0.2) is 5.96 Å². The molecule has 0 aromatic carbocycles. The Bertz CT molecular complexity index is 338. The monoisotopic (exact) mass is 267 g/mol. The van der Waals surface area contributed by atoms with E-state index in [1.54, 1.807) is 0 Å². The standard InChI is InChI=1S/C15H29N3O/c1-6-16-14(17-10(2)3)18-12-11-8-7-9-19-13(11)15(12,4)5/h10-13H,6-9H2,1-5H3,(H2,16,17,18). The molecule has 2 fully saturated rings. The Morgan fingerprint density at radius 2 is 2.16 bits per heavy atom. The average molecular weight is 267 g/mol. The molecule has 110 valence electrons. The predicted octanol–water partition coefficient (Wildman–Crippen LogP) is 2.15. The fourth-order valence-corrected chi connectivity index (χ4v) is 3.53. The van der Waals surface area contributed by atoms with Crippen molar-refractivity contribution in [3.05, 3.63) is 0 Å². The van der Waals surface area contributed by atoms with Crippen molar-refractivity contribution in [2.75, 3.05) is 13.2 Å². The smallest absolute Gasteiger partial charge is 0.191 e. The number of guanidine groups is 1. The maximum atomic E-state index is 5.94. The second kappa shape index (κ2) is 5.70. The quantitative estimate of drug-likeness (QED) is 0.608. The molecule has 2 aliphatic rings. The molecule has 2 rings (SSSR count). The van der Waals surface area contributed by atoms with E-state index in [0.717, 1.165) is 19.1 Å². The largest absolute Gasteiger partial charge is 0.377 e. The van der Waals surface area contributed by atoms with Gasteiger partial charge >= 0.3 is 0 Å². The van der Waals surface area contributed by atoms with Crippen LogP contribution in [-0.2, 0) is 4.74 Å². The summed E-state index contributed by atoms with van der Waals surface area (Å²) in [5.74, 6) is 1.58. The minimum absolute atomic E-state index is 0.193. The van der Waals surface area contributed by atoms with Gasteiger partial charge in [-0.1, -0.05) is 13.8 Å². The number of hydrogen-bond donors (Lipinski definition) is 2. The molecule has 1 aliphatic heterocycles. The first kappa shape index (κ1) is 14.6. The van der Waals surface area contributed by atoms with Crippen LogP contribution in [0.25, 0.3) is 0 Å². The summed E-state index contributed by atoms with van der Waals surface area (Å²) in [5, 5.41) is 7.05. The molecule has 0 aromatic rings. The Kier molecular flexibility index (Phi) is 4.39. The molecule has 1 saturated carbocycles. The molecule has 1 saturated heterocycles. The van der Waals surface area contributed by atoms with Crippen molar-refractivity contribution < 1.29 is 4.74 Å². The van der Waals surface area contributed by atoms with E-state index in [-0.39, 0.29) is 5.41 Å². The van der Waals surface area contributed by atoms with Gasteiger partial charge in [-0.15, -0.1) is 0 Å². The van der Waals surface area contributed by atoms with Gasteiger partial charge in [-0.05, 0) is 33.6 Å². The molecule has 1 aliphatic carbocycles. The Balaban J connectivity index is 2.02. The number of aliphatic imine (C=N–C) groups is 1. The first-order valence-corrected chi connectivity index (χ1v) is 7.66. The molecular weight excluding hydrogens is 238 g/mol. The van der Waals surface area contributed by atoms with Crippen molar-refractivity contribution in [3.8, 4) is 0 Å². The van der Waals surface area contributed by atoms with Gasteiger partial charge in [-0.3, -0.25) is 4.99 Å². The van der Waals surface area contributed by atoms with Gasteiger partial charge in [-0.2, -0.15) is 0 Å². The van der Waals surface area contributed by atoms with Crippen LogP contribution in [0, 0.1) is 11.3 Å². The fraction of sp³-hybridized carbons (Fsp3) is 0.933. The molecule has 19 heavy (non-hydrogen) atoms. The number of nitrogens with zero attached hydrogens (tertiary/aromatic N) is 1. The molecule has 0 bridgehead atoms. The molecule has 4 nitrogen and oxygen atoms in total. The number of nitrogens with one attached hydrogen (secondary N) is 2. The van der Waals surface area contributed by atoms with Gasteiger partial charge in [-0.25, -0.2) is 0 Å². The van der Waals surface area contributed by atoms with E-state index in [1.165, 1.54) is 12.8 Å². The molecule has 3 atom stereocenters. The number of rotatable bonds is 3. The van der Waals surface area contributed by atoms with Crippen LogP contribution in [0.1, 0.15) is 47.5 Å². The van der Waals surface area contributed by atoms with Gasteiger partial charge < -0.3 is 15.4 Å². The van der Waals surface area contributed by atoms with Crippen LogP contribution in [0.5, 0.6) is 0 Å². The number of fused-ring (bicyclic) bond motifs is 1. The topological polar surface area (TPSA) is 45.7 Å². The Hall–Kier alpha value is -0.770. The van der Waals surface area contributed by atoms with Crippen molar-refractivity contribution in [3.63, 3.8) is 0 Å². The summed E-state index contributed by atoms with van der Waals surface area (Å²) in [5.41, 5.74) is 0.193. The third-order valence-corrected chi connectivity index (χ3v) is 4.36. The van der Waals surface area contributed by atoms with E-state index in [4.69, 9.17) is 4.74 Å². The minimum atomic E-state index is 0.193. The highest BCUT2D eigenvalue weighted by atomic mass is 16.5. The molecule has 0 amide bonds. The van der Waals surface area contributed by atoms with Crippen molar-refractivity contribution in [1.29, 1.82) is 0 Å². The van der Waals surface area contributed by atoms with Crippen molar-refractivity contribution in [2.45, 2.75) is 65.6 Å². The van der Waals surface area contributed by atoms with Crippen LogP contribution < -0.4 is 10.6 Å². The summed E-state index contributed by atoms with van der Waals surface area (Å²) < 4.78 is 5.94. The summed E-state index contributed by atoms with van der Waals surface area (Å²) >= 11 is 0. The lowest BCUT2D eigenvalue weighted by Gasteiger charge is -2.60. The predicted molar refractivity (Wildman–Crippen MR) is 79.4 cm³/mol. The first-order chi connectivity index (χ1) is 8.96. The van der Waals surface area contributed by atoms with Crippen molar-refractivity contribution >= 4 is 5.96 Å². The van der Waals surface area contributed by atoms with E-state index in [1.807, 2.05) is 0 Å². The highest BCUT2D eigenvalue weighted by Gasteiger charge is 2.58. The summed E-state index contributed by atoms with van der Waals surface area (Å²) in [7, 11) is 0. The molecule has 0 radical (unpaired) electrons. The van der Waals surface area contributed by atoms with Crippen LogP contribution in [-0.4, -0.2) is 37.3 Å². The molecule has 4 heteroatoms. The maximum absolute atomic E-state index is 5.94. The molecular formula is C15H29N3O. The van der Waals surface area contributed by atoms with Crippen molar-refractivity contribution in [2.24, 2.45) is 16.3 Å². The second-order valence-corrected chi connectivity index (χ2v) is 6.66. The van der Waals surface area contributed by atoms with Gasteiger partial charge in [0.1, 0.15) is 0 Å². The number of hydrogen-bond acceptors (Lipinski definition) is 2. The van der Waals surface area contributed by atoms with Crippen LogP contribution >= 0.6 is 0 Å². The lowest BCUT2D eigenvalue weighted by molar-refractivity contribution is -0.188. The lowest BCUT2D eigenvalue weighted by Crippen LogP contribution is -2.71. The van der Waals surface area contributed by atoms with Gasteiger partial charge in [0.2, 0.25) is 0 Å². The molecule has 1 heterocycles. The summed E-state index contributed by atoms with van der Waals surface area (Å²) in [4.78, 5) is 4.54. The van der Waals surface area contributed by atoms with E-state index >= 15 is 0 Å². The zero-order valence-electron chi connectivity index (χ0n) is 13.0. The SMILES string of the molecule is CCN=C(NC(C)C)NC1C2CCCOC2C1(C)C. The van der Waals surface area contributed by atoms with Crippen LogP contribution in [0.2, 0.25) is 0 Å². The summed E-state index contributed by atoms with van der Waals surface area (Å²) in [6.45, 7) is 12.7. The Labute approximate surface area is 117 Å². The Morgan fingerprint density at radius 3 is 2.79 bits per heavy atom. The number of ether oxygens (including phenoxy) is 1. The van der Waals surface area contributed by atoms with Crippen LogP contribution in [0.4, 0.5) is 0 Å². The third kappa shape index (κ3) is 2.88. The van der Waals surface area contributed by atoms with Crippen LogP contribution in [0.15, 0.2) is 4.99 Å². The highest BCUT2D eigenvalue weighted by molar-refractivity contribution is 5.80. The maximum Gasteiger partial charge on any atom is 0.191 e. The summed E-state index contributed by atoms with van der Waals surface area (Å²) in [6.07, 6.45) is 2.88.